The highest BCUT2D eigenvalue weighted by molar-refractivity contribution is 5.91. The smallest absolute Gasteiger partial charge is 0.338 e. The van der Waals surface area contributed by atoms with E-state index in [4.69, 9.17) is 33.2 Å². The molecule has 1 unspecified atom stereocenters. The van der Waals surface area contributed by atoms with Gasteiger partial charge >= 0.3 is 23.9 Å². The van der Waals surface area contributed by atoms with Crippen LogP contribution in [0.25, 0.3) is 0 Å². The first-order valence-electron chi connectivity index (χ1n) is 15.0. The summed E-state index contributed by atoms with van der Waals surface area (Å²) in [6, 6.07) is 33.9. The van der Waals surface area contributed by atoms with Crippen LogP contribution < -0.4 is 0 Å². The van der Waals surface area contributed by atoms with E-state index in [-0.39, 0.29) is 24.3 Å². The van der Waals surface area contributed by atoms with Gasteiger partial charge in [0.2, 0.25) is 0 Å². The van der Waals surface area contributed by atoms with Crippen molar-refractivity contribution in [3.05, 3.63) is 156 Å². The van der Waals surface area contributed by atoms with Crippen LogP contribution in [0.1, 0.15) is 36.6 Å². The van der Waals surface area contributed by atoms with Gasteiger partial charge in [-0.25, -0.2) is 14.4 Å². The molecule has 2 aliphatic heterocycles. The first-order chi connectivity index (χ1) is 23.0. The Balaban J connectivity index is 1.37. The van der Waals surface area contributed by atoms with Crippen molar-refractivity contribution in [2.24, 2.45) is 0 Å². The lowest BCUT2D eigenvalue weighted by molar-refractivity contribution is -0.363. The number of carbonyl (C=O) groups excluding carboxylic acids is 3. The molecule has 0 aromatic heterocycles. The van der Waals surface area contributed by atoms with Gasteiger partial charge in [0.15, 0.2) is 24.6 Å². The van der Waals surface area contributed by atoms with Crippen LogP contribution in [0, 0.1) is 0 Å². The maximum Gasteiger partial charge on any atom is 0.338 e. The van der Waals surface area contributed by atoms with Gasteiger partial charge in [0, 0.05) is 5.56 Å². The third-order valence-electron chi connectivity index (χ3n) is 7.57. The third kappa shape index (κ3) is 7.16. The molecule has 0 saturated carbocycles. The molecule has 0 aliphatic carbocycles. The summed E-state index contributed by atoms with van der Waals surface area (Å²) in [4.78, 5) is 40.0. The monoisotopic (exact) mass is 636 g/mol. The number of esters is 3. The van der Waals surface area contributed by atoms with Crippen LogP contribution in [0.2, 0.25) is 0 Å². The van der Waals surface area contributed by atoms with Crippen LogP contribution in [0.15, 0.2) is 134 Å². The lowest BCUT2D eigenvalue weighted by Gasteiger charge is -2.41. The fourth-order valence-electron chi connectivity index (χ4n) is 5.31. The Kier molecular flexibility index (Phi) is 9.84. The summed E-state index contributed by atoms with van der Waals surface area (Å²) in [5, 5.41) is 0. The molecule has 4 aromatic rings. The predicted octanol–water partition coefficient (Wildman–Crippen LogP) is 5.45. The van der Waals surface area contributed by atoms with Crippen LogP contribution in [-0.2, 0) is 39.1 Å². The molecule has 240 valence electrons. The van der Waals surface area contributed by atoms with Crippen molar-refractivity contribution in [3.8, 4) is 0 Å². The minimum atomic E-state index is -1.80. The summed E-state index contributed by atoms with van der Waals surface area (Å²) in [5.41, 5.74) is 1.32. The number of hydrogen-bond acceptors (Lipinski definition) is 10. The molecule has 0 amide bonds. The van der Waals surface area contributed by atoms with Gasteiger partial charge in [-0.2, -0.15) is 0 Å². The zero-order valence-electron chi connectivity index (χ0n) is 25.2. The van der Waals surface area contributed by atoms with Crippen molar-refractivity contribution in [1.82, 2.24) is 0 Å². The molecule has 0 spiro atoms. The minimum Gasteiger partial charge on any atom is -0.459 e. The molecule has 2 saturated heterocycles. The molecule has 6 rings (SSSR count). The van der Waals surface area contributed by atoms with Gasteiger partial charge in [-0.05, 0) is 36.4 Å². The summed E-state index contributed by atoms with van der Waals surface area (Å²) in [5.74, 6) is -3.84. The van der Waals surface area contributed by atoms with E-state index in [0.717, 1.165) is 0 Å². The van der Waals surface area contributed by atoms with E-state index < -0.39 is 54.6 Å². The van der Waals surface area contributed by atoms with Crippen molar-refractivity contribution in [1.29, 1.82) is 0 Å². The van der Waals surface area contributed by atoms with Gasteiger partial charge in [0.1, 0.15) is 12.7 Å². The Morgan fingerprint density at radius 1 is 0.660 bits per heavy atom. The molecule has 2 aliphatic rings. The fourth-order valence-corrected chi connectivity index (χ4v) is 5.31. The zero-order valence-corrected chi connectivity index (χ0v) is 25.2. The van der Waals surface area contributed by atoms with Gasteiger partial charge in [-0.3, -0.25) is 4.74 Å². The SMILES string of the molecule is C=CCOC1(c2ccccc2)O[C@@H]2O[C@H](COC(=O)c3ccccc3)[C@@H](OC(=O)c3ccccc3)[C@H](OC(=O)c3ccccc3)[C@@H]2O1. The lowest BCUT2D eigenvalue weighted by Crippen LogP contribution is -2.60. The third-order valence-corrected chi connectivity index (χ3v) is 7.57. The summed E-state index contributed by atoms with van der Waals surface area (Å²) in [6.07, 6.45) is -4.59. The van der Waals surface area contributed by atoms with Gasteiger partial charge in [-0.1, -0.05) is 91.0 Å². The van der Waals surface area contributed by atoms with E-state index in [2.05, 4.69) is 6.58 Å². The molecule has 10 heteroatoms. The van der Waals surface area contributed by atoms with Gasteiger partial charge in [-0.15, -0.1) is 6.58 Å². The first-order valence-corrected chi connectivity index (χ1v) is 15.0. The molecular formula is C37H32O10. The molecule has 4 aromatic carbocycles. The van der Waals surface area contributed by atoms with Crippen LogP contribution >= 0.6 is 0 Å². The number of ether oxygens (including phenoxy) is 7. The number of rotatable bonds is 11. The number of benzene rings is 4. The Morgan fingerprint density at radius 2 is 1.15 bits per heavy atom. The van der Waals surface area contributed by atoms with E-state index >= 15 is 0 Å². The Hall–Kier alpha value is -5.13. The highest BCUT2D eigenvalue weighted by Gasteiger charge is 2.62. The van der Waals surface area contributed by atoms with Crippen molar-refractivity contribution >= 4 is 17.9 Å². The average Bonchev–Trinajstić information content (AvgIpc) is 3.51. The van der Waals surface area contributed by atoms with Gasteiger partial charge in [0.25, 0.3) is 0 Å². The maximum atomic E-state index is 13.5. The fraction of sp³-hybridized carbons (Fsp3) is 0.216. The highest BCUT2D eigenvalue weighted by Crippen LogP contribution is 2.45. The predicted molar refractivity (Wildman–Crippen MR) is 167 cm³/mol. The largest absolute Gasteiger partial charge is 0.459 e. The molecule has 0 bridgehead atoms. The number of fused-ring (bicyclic) bond motifs is 1. The van der Waals surface area contributed by atoms with E-state index in [0.29, 0.717) is 11.1 Å². The zero-order chi connectivity index (χ0) is 32.6. The maximum absolute atomic E-state index is 13.5. The van der Waals surface area contributed by atoms with E-state index in [1.54, 1.807) is 115 Å². The van der Waals surface area contributed by atoms with Crippen LogP contribution in [0.5, 0.6) is 0 Å². The number of carbonyl (C=O) groups is 3. The normalized spacial score (nSPS) is 24.8. The second kappa shape index (κ2) is 14.5. The Morgan fingerprint density at radius 3 is 1.68 bits per heavy atom. The molecule has 0 N–H and O–H groups in total. The van der Waals surface area contributed by atoms with Crippen LogP contribution in [-0.4, -0.2) is 61.8 Å². The van der Waals surface area contributed by atoms with Gasteiger partial charge < -0.3 is 28.4 Å². The summed E-state index contributed by atoms with van der Waals surface area (Å²) in [7, 11) is 0. The molecule has 10 nitrogen and oxygen atoms in total. The number of hydrogen-bond donors (Lipinski definition) is 0. The quantitative estimate of drug-likeness (QED) is 0.120. The van der Waals surface area contributed by atoms with Crippen molar-refractivity contribution < 1.29 is 47.5 Å². The van der Waals surface area contributed by atoms with Crippen LogP contribution in [0.3, 0.4) is 0 Å². The lowest BCUT2D eigenvalue weighted by atomic mass is 9.98. The van der Waals surface area contributed by atoms with E-state index in [1.807, 2.05) is 6.07 Å². The van der Waals surface area contributed by atoms with Gasteiger partial charge in [0.05, 0.1) is 23.3 Å². The van der Waals surface area contributed by atoms with Crippen molar-refractivity contribution in [3.63, 3.8) is 0 Å². The second-order valence-electron chi connectivity index (χ2n) is 10.7. The second-order valence-corrected chi connectivity index (χ2v) is 10.7. The first kappa shape index (κ1) is 31.8. The molecule has 0 radical (unpaired) electrons. The van der Waals surface area contributed by atoms with Crippen molar-refractivity contribution in [2.75, 3.05) is 13.2 Å². The molecule has 47 heavy (non-hydrogen) atoms. The standard InChI is InChI=1S/C37H32O10/c1-2-23-42-37(28-21-13-6-14-22-28)46-32-31(45-35(40)27-19-11-5-12-20-27)30(44-34(39)26-17-9-4-10-18-26)29(43-36(32)47-37)24-41-33(38)25-15-7-3-8-16-25/h2-22,29-32,36H,1,23-24H2/t29-,30-,31+,32+,36+,37?/m1/s1. The summed E-state index contributed by atoms with van der Waals surface area (Å²) >= 11 is 0. The average molecular weight is 637 g/mol. The van der Waals surface area contributed by atoms with Crippen LogP contribution in [0.4, 0.5) is 0 Å². The molecular weight excluding hydrogens is 604 g/mol. The molecule has 2 heterocycles. The molecule has 2 fully saturated rings. The Bertz CT molecular complexity index is 1660. The summed E-state index contributed by atoms with van der Waals surface area (Å²) < 4.78 is 42.9. The van der Waals surface area contributed by atoms with E-state index in [9.17, 15) is 14.4 Å². The van der Waals surface area contributed by atoms with Crippen molar-refractivity contribution in [2.45, 2.75) is 36.7 Å². The summed E-state index contributed by atoms with van der Waals surface area (Å²) in [6.45, 7) is 3.39. The highest BCUT2D eigenvalue weighted by atomic mass is 16.9. The Labute approximate surface area is 271 Å². The van der Waals surface area contributed by atoms with E-state index in [1.165, 1.54) is 6.08 Å². The molecule has 6 atom stereocenters. The topological polar surface area (TPSA) is 116 Å². The minimum absolute atomic E-state index is 0.0351.